The maximum atomic E-state index is 12.0. The molecule has 4 N–H and O–H groups in total. The summed E-state index contributed by atoms with van der Waals surface area (Å²) in [6, 6.07) is 8.04. The van der Waals surface area contributed by atoms with Crippen LogP contribution in [0, 0.1) is 0 Å². The van der Waals surface area contributed by atoms with Gasteiger partial charge < -0.3 is 14.5 Å². The van der Waals surface area contributed by atoms with Gasteiger partial charge in [0.2, 0.25) is 0 Å². The molecule has 108 valence electrons. The van der Waals surface area contributed by atoms with Gasteiger partial charge in [-0.25, -0.2) is 0 Å². The number of fused-ring (bicyclic) bond motifs is 1. The Kier molecular flexibility index (Phi) is 3.04. The lowest BCUT2D eigenvalue weighted by molar-refractivity contribution is -0.110. The monoisotopic (exact) mass is 305 g/mol. The number of carbonyl (C=O) groups is 1. The van der Waals surface area contributed by atoms with Crippen LogP contribution >= 0.6 is 0 Å². The van der Waals surface area contributed by atoms with Crippen molar-refractivity contribution in [3.05, 3.63) is 47.8 Å². The van der Waals surface area contributed by atoms with E-state index in [2.05, 4.69) is 14.5 Å². The van der Waals surface area contributed by atoms with Crippen LogP contribution in [0.5, 0.6) is 5.75 Å². The summed E-state index contributed by atoms with van der Waals surface area (Å²) in [6.07, 6.45) is 3.41. The molecule has 1 amide bonds. The van der Waals surface area contributed by atoms with E-state index in [9.17, 15) is 13.2 Å². The number of nitrogens with one attached hydrogen (secondary N) is 2. The third-order valence-electron chi connectivity index (χ3n) is 2.91. The van der Waals surface area contributed by atoms with Crippen LogP contribution in [0.25, 0.3) is 11.6 Å². The van der Waals surface area contributed by atoms with Crippen LogP contribution in [0.15, 0.2) is 36.5 Å². The fourth-order valence-electron chi connectivity index (χ4n) is 2.09. The summed E-state index contributed by atoms with van der Waals surface area (Å²) in [5.41, 5.74) is 2.30. The quantitative estimate of drug-likeness (QED) is 0.736. The highest BCUT2D eigenvalue weighted by Gasteiger charge is 2.25. The first-order valence-corrected chi connectivity index (χ1v) is 7.42. The Morgan fingerprint density at radius 2 is 2.05 bits per heavy atom. The molecule has 2 aromatic rings. The lowest BCUT2D eigenvalue weighted by atomic mass is 10.1. The minimum absolute atomic E-state index is 0.0464. The van der Waals surface area contributed by atoms with E-state index in [1.807, 2.05) is 6.07 Å². The first-order valence-electron chi connectivity index (χ1n) is 5.95. The van der Waals surface area contributed by atoms with Crippen LogP contribution in [-0.2, 0) is 15.1 Å². The highest BCUT2D eigenvalue weighted by atomic mass is 32.2. The second-order valence-electron chi connectivity index (χ2n) is 4.42. The van der Waals surface area contributed by atoms with Gasteiger partial charge in [-0.3, -0.25) is 4.79 Å². The number of anilines is 1. The highest BCUT2D eigenvalue weighted by Crippen LogP contribution is 2.35. The van der Waals surface area contributed by atoms with Crippen LogP contribution in [0.4, 0.5) is 5.69 Å². The van der Waals surface area contributed by atoms with Crippen LogP contribution in [0.3, 0.4) is 0 Å². The van der Waals surface area contributed by atoms with Gasteiger partial charge in [-0.15, -0.1) is 0 Å². The van der Waals surface area contributed by atoms with Crippen molar-refractivity contribution >= 4 is 33.5 Å². The molecule has 1 aromatic heterocycles. The molecule has 2 heterocycles. The van der Waals surface area contributed by atoms with Crippen LogP contribution in [0.1, 0.15) is 11.3 Å². The zero-order valence-electron chi connectivity index (χ0n) is 10.7. The molecule has 21 heavy (non-hydrogen) atoms. The number of nitrogens with two attached hydrogens (primary N) is 1. The van der Waals surface area contributed by atoms with E-state index in [1.165, 1.54) is 12.1 Å². The number of rotatable bonds is 3. The molecule has 0 fully saturated rings. The zero-order valence-corrected chi connectivity index (χ0v) is 11.5. The summed E-state index contributed by atoms with van der Waals surface area (Å²) in [6.45, 7) is 0. The van der Waals surface area contributed by atoms with E-state index in [1.54, 1.807) is 24.4 Å². The van der Waals surface area contributed by atoms with Crippen molar-refractivity contribution in [3.63, 3.8) is 0 Å². The number of aromatic nitrogens is 1. The molecular formula is C13H11N3O4S. The first-order chi connectivity index (χ1) is 9.92. The molecule has 7 nitrogen and oxygen atoms in total. The lowest BCUT2D eigenvalue weighted by Gasteiger charge is -2.04. The van der Waals surface area contributed by atoms with Gasteiger partial charge in [0.1, 0.15) is 5.75 Å². The Balaban J connectivity index is 2.05. The Labute approximate surface area is 120 Å². The smallest absolute Gasteiger partial charge is 0.371 e. The molecule has 0 unspecified atom stereocenters. The van der Waals surface area contributed by atoms with Crippen LogP contribution in [-0.4, -0.2) is 19.3 Å². The fraction of sp³-hybridized carbons (Fsp3) is 0. The number of hydrogen-bond acceptors (Lipinski definition) is 4. The Hall–Kier alpha value is -2.58. The van der Waals surface area contributed by atoms with Crippen molar-refractivity contribution in [3.8, 4) is 5.75 Å². The largest absolute Gasteiger partial charge is 0.380 e. The number of benzene rings is 1. The van der Waals surface area contributed by atoms with Crippen molar-refractivity contribution in [2.45, 2.75) is 0 Å². The summed E-state index contributed by atoms with van der Waals surface area (Å²) in [5.74, 6) is -0.225. The van der Waals surface area contributed by atoms with Crippen LogP contribution in [0.2, 0.25) is 0 Å². The van der Waals surface area contributed by atoms with Gasteiger partial charge in [0.05, 0.1) is 5.57 Å². The van der Waals surface area contributed by atoms with E-state index in [4.69, 9.17) is 5.14 Å². The zero-order chi connectivity index (χ0) is 15.0. The lowest BCUT2D eigenvalue weighted by Crippen LogP contribution is -2.18. The predicted octanol–water partition coefficient (Wildman–Crippen LogP) is 1.09. The molecule has 0 saturated carbocycles. The van der Waals surface area contributed by atoms with E-state index < -0.39 is 10.3 Å². The van der Waals surface area contributed by atoms with Crippen molar-refractivity contribution in [1.82, 2.24) is 4.98 Å². The van der Waals surface area contributed by atoms with Crippen molar-refractivity contribution in [2.75, 3.05) is 5.32 Å². The molecule has 1 aliphatic rings. The summed E-state index contributed by atoms with van der Waals surface area (Å²) in [4.78, 5) is 14.9. The second kappa shape index (κ2) is 4.76. The van der Waals surface area contributed by atoms with Gasteiger partial charge in [-0.2, -0.15) is 13.6 Å². The molecule has 0 aliphatic carbocycles. The topological polar surface area (TPSA) is 114 Å². The number of hydrogen-bond donors (Lipinski definition) is 3. The highest BCUT2D eigenvalue weighted by molar-refractivity contribution is 7.84. The maximum absolute atomic E-state index is 12.0. The normalized spacial score (nSPS) is 15.9. The molecule has 1 aliphatic heterocycles. The third-order valence-corrected chi connectivity index (χ3v) is 3.33. The van der Waals surface area contributed by atoms with E-state index in [0.717, 1.165) is 5.69 Å². The van der Waals surface area contributed by atoms with E-state index in [0.29, 0.717) is 16.8 Å². The van der Waals surface area contributed by atoms with Gasteiger partial charge in [0, 0.05) is 23.1 Å². The SMILES string of the molecule is NS(=O)(=O)Oc1ccc2c(c1)/C(=C/c1ccc[nH]1)C(=O)N2. The van der Waals surface area contributed by atoms with Crippen LogP contribution < -0.4 is 14.6 Å². The standard InChI is InChI=1S/C13H11N3O4S/c14-21(18,19)20-9-3-4-12-10(7-9)11(13(17)16-12)6-8-2-1-5-15-8/h1-7,15H,(H,16,17)(H2,14,18,19)/b11-6-. The molecule has 8 heteroatoms. The molecule has 0 saturated heterocycles. The minimum atomic E-state index is -4.11. The van der Waals surface area contributed by atoms with E-state index >= 15 is 0 Å². The number of carbonyl (C=O) groups excluding carboxylic acids is 1. The van der Waals surface area contributed by atoms with Gasteiger partial charge in [-0.1, -0.05) is 0 Å². The molecule has 0 spiro atoms. The van der Waals surface area contributed by atoms with Gasteiger partial charge in [0.25, 0.3) is 5.91 Å². The fourth-order valence-corrected chi connectivity index (χ4v) is 2.46. The van der Waals surface area contributed by atoms with Gasteiger partial charge in [0.15, 0.2) is 0 Å². The van der Waals surface area contributed by atoms with Gasteiger partial charge in [-0.05, 0) is 36.4 Å². The summed E-state index contributed by atoms with van der Waals surface area (Å²) < 4.78 is 26.5. The Bertz CT molecular complexity index is 838. The predicted molar refractivity (Wildman–Crippen MR) is 77.5 cm³/mol. The number of aromatic amines is 1. The molecule has 0 atom stereocenters. The molecule has 0 bridgehead atoms. The third kappa shape index (κ3) is 2.81. The average Bonchev–Trinajstić information content (AvgIpc) is 2.98. The molecular weight excluding hydrogens is 294 g/mol. The maximum Gasteiger partial charge on any atom is 0.380 e. The first kappa shape index (κ1) is 13.4. The second-order valence-corrected chi connectivity index (χ2v) is 5.57. The Morgan fingerprint density at radius 3 is 2.71 bits per heavy atom. The molecule has 1 aromatic carbocycles. The molecule has 0 radical (unpaired) electrons. The summed E-state index contributed by atoms with van der Waals surface area (Å²) in [5, 5.41) is 7.52. The average molecular weight is 305 g/mol. The van der Waals surface area contributed by atoms with Crippen molar-refractivity contribution < 1.29 is 17.4 Å². The van der Waals surface area contributed by atoms with E-state index in [-0.39, 0.29) is 11.7 Å². The number of H-pyrrole nitrogens is 1. The number of amides is 1. The van der Waals surface area contributed by atoms with Crippen molar-refractivity contribution in [1.29, 1.82) is 0 Å². The van der Waals surface area contributed by atoms with Gasteiger partial charge >= 0.3 is 10.3 Å². The molecule has 3 rings (SSSR count). The van der Waals surface area contributed by atoms with Crippen molar-refractivity contribution in [2.24, 2.45) is 5.14 Å². The summed E-state index contributed by atoms with van der Waals surface area (Å²) in [7, 11) is -4.11. The minimum Gasteiger partial charge on any atom is -0.371 e. The Morgan fingerprint density at radius 1 is 1.24 bits per heavy atom. The summed E-state index contributed by atoms with van der Waals surface area (Å²) >= 11 is 0.